The maximum atomic E-state index is 12.2. The molecule has 19 heavy (non-hydrogen) atoms. The van der Waals surface area contributed by atoms with E-state index in [-0.39, 0.29) is 17.4 Å². The van der Waals surface area contributed by atoms with Gasteiger partial charge in [-0.2, -0.15) is 0 Å². The minimum atomic E-state index is -0.361. The Balaban J connectivity index is 2.17. The van der Waals surface area contributed by atoms with Gasteiger partial charge in [0.2, 0.25) is 0 Å². The molecule has 0 aliphatic carbocycles. The van der Waals surface area contributed by atoms with Gasteiger partial charge < -0.3 is 9.30 Å². The molecule has 2 aromatic heterocycles. The van der Waals surface area contributed by atoms with Gasteiger partial charge in [-0.05, 0) is 12.8 Å². The molecule has 1 atom stereocenters. The van der Waals surface area contributed by atoms with Crippen molar-refractivity contribution >= 4 is 11.2 Å². The van der Waals surface area contributed by atoms with Crippen molar-refractivity contribution in [2.24, 2.45) is 14.1 Å². The van der Waals surface area contributed by atoms with E-state index in [1.54, 1.807) is 17.9 Å². The number of ether oxygens (including phenoxy) is 1. The average molecular weight is 264 g/mol. The van der Waals surface area contributed by atoms with E-state index in [1.165, 1.54) is 11.6 Å². The van der Waals surface area contributed by atoms with Crippen LogP contribution in [0.3, 0.4) is 0 Å². The van der Waals surface area contributed by atoms with E-state index in [0.717, 1.165) is 24.0 Å². The number of aryl methyl sites for hydroxylation is 1. The lowest BCUT2D eigenvalue weighted by molar-refractivity contribution is 0.0978. The Morgan fingerprint density at radius 1 is 1.37 bits per heavy atom. The van der Waals surface area contributed by atoms with Crippen molar-refractivity contribution < 1.29 is 4.74 Å². The summed E-state index contributed by atoms with van der Waals surface area (Å²) in [4.78, 5) is 28.2. The molecule has 7 nitrogen and oxygen atoms in total. The van der Waals surface area contributed by atoms with Crippen molar-refractivity contribution in [1.29, 1.82) is 0 Å². The van der Waals surface area contributed by atoms with E-state index in [4.69, 9.17) is 4.74 Å². The quantitative estimate of drug-likeness (QED) is 0.741. The fraction of sp³-hybridized carbons (Fsp3) is 0.583. The normalized spacial score (nSPS) is 19.4. The molecule has 1 aliphatic heterocycles. The van der Waals surface area contributed by atoms with Crippen LogP contribution in [0.15, 0.2) is 15.9 Å². The van der Waals surface area contributed by atoms with Gasteiger partial charge in [-0.3, -0.25) is 13.9 Å². The van der Waals surface area contributed by atoms with Gasteiger partial charge in [-0.25, -0.2) is 9.78 Å². The standard InChI is InChI=1S/C12H16N4O3/c1-14-10-9(11(17)15(2)12(14)18)16(7-13-10)6-8-4-3-5-19-8/h7-8H,3-6H2,1-2H3/t8-/m0/s1. The SMILES string of the molecule is Cn1c(=O)c2c(ncn2C[C@@H]2CCCO2)n(C)c1=O. The Bertz CT molecular complexity index is 734. The molecule has 1 aliphatic rings. The topological polar surface area (TPSA) is 71.0 Å². The number of aromatic nitrogens is 4. The molecule has 0 aromatic carbocycles. The lowest BCUT2D eigenvalue weighted by atomic mass is 10.2. The summed E-state index contributed by atoms with van der Waals surface area (Å²) in [6.45, 7) is 1.37. The minimum Gasteiger partial charge on any atom is -0.376 e. The molecule has 1 saturated heterocycles. The number of fused-ring (bicyclic) bond motifs is 1. The molecule has 2 aromatic rings. The fourth-order valence-electron chi connectivity index (χ4n) is 2.54. The van der Waals surface area contributed by atoms with Crippen molar-refractivity contribution in [1.82, 2.24) is 18.7 Å². The van der Waals surface area contributed by atoms with Gasteiger partial charge in [0, 0.05) is 20.7 Å². The molecule has 0 amide bonds. The summed E-state index contributed by atoms with van der Waals surface area (Å²) >= 11 is 0. The van der Waals surface area contributed by atoms with Crippen LogP contribution < -0.4 is 11.2 Å². The highest BCUT2D eigenvalue weighted by molar-refractivity contribution is 5.69. The van der Waals surface area contributed by atoms with Gasteiger partial charge in [0.1, 0.15) is 0 Å². The second kappa shape index (κ2) is 4.34. The summed E-state index contributed by atoms with van der Waals surface area (Å²) in [6.07, 6.45) is 3.77. The molecular formula is C12H16N4O3. The van der Waals surface area contributed by atoms with E-state index in [2.05, 4.69) is 4.98 Å². The number of imidazole rings is 1. The van der Waals surface area contributed by atoms with Gasteiger partial charge in [-0.15, -0.1) is 0 Å². The highest BCUT2D eigenvalue weighted by Gasteiger charge is 2.20. The zero-order chi connectivity index (χ0) is 13.6. The average Bonchev–Trinajstić information content (AvgIpc) is 3.04. The van der Waals surface area contributed by atoms with Crippen LogP contribution in [0.2, 0.25) is 0 Å². The molecule has 3 heterocycles. The maximum absolute atomic E-state index is 12.2. The summed E-state index contributed by atoms with van der Waals surface area (Å²) in [5.74, 6) is 0. The molecule has 0 spiro atoms. The van der Waals surface area contributed by atoms with E-state index >= 15 is 0 Å². The maximum Gasteiger partial charge on any atom is 0.332 e. The van der Waals surface area contributed by atoms with E-state index in [0.29, 0.717) is 17.7 Å². The minimum absolute atomic E-state index is 0.124. The summed E-state index contributed by atoms with van der Waals surface area (Å²) in [5.41, 5.74) is 0.208. The molecule has 1 fully saturated rings. The van der Waals surface area contributed by atoms with Gasteiger partial charge in [0.05, 0.1) is 19.0 Å². The van der Waals surface area contributed by atoms with Crippen LogP contribution in [0.1, 0.15) is 12.8 Å². The van der Waals surface area contributed by atoms with Crippen LogP contribution >= 0.6 is 0 Å². The molecule has 0 unspecified atom stereocenters. The summed E-state index contributed by atoms with van der Waals surface area (Å²) < 4.78 is 9.86. The molecule has 3 rings (SSSR count). The Morgan fingerprint density at radius 3 is 2.84 bits per heavy atom. The van der Waals surface area contributed by atoms with E-state index in [1.807, 2.05) is 0 Å². The number of hydrogen-bond donors (Lipinski definition) is 0. The molecule has 102 valence electrons. The van der Waals surface area contributed by atoms with E-state index in [9.17, 15) is 9.59 Å². The second-order valence-corrected chi connectivity index (χ2v) is 4.91. The highest BCUT2D eigenvalue weighted by atomic mass is 16.5. The largest absolute Gasteiger partial charge is 0.376 e. The van der Waals surface area contributed by atoms with Crippen LogP contribution in [-0.2, 0) is 25.4 Å². The summed E-state index contributed by atoms with van der Waals surface area (Å²) in [5, 5.41) is 0. The second-order valence-electron chi connectivity index (χ2n) is 4.91. The molecule has 7 heteroatoms. The van der Waals surface area contributed by atoms with Gasteiger partial charge in [0.15, 0.2) is 11.2 Å². The third-order valence-electron chi connectivity index (χ3n) is 3.64. The zero-order valence-corrected chi connectivity index (χ0v) is 11.0. The van der Waals surface area contributed by atoms with Crippen LogP contribution in [0.25, 0.3) is 11.2 Å². The number of rotatable bonds is 2. The monoisotopic (exact) mass is 264 g/mol. The first-order valence-corrected chi connectivity index (χ1v) is 6.32. The van der Waals surface area contributed by atoms with Crippen LogP contribution in [0.4, 0.5) is 0 Å². The zero-order valence-electron chi connectivity index (χ0n) is 11.0. The van der Waals surface area contributed by atoms with Crippen molar-refractivity contribution in [2.75, 3.05) is 6.61 Å². The van der Waals surface area contributed by atoms with Crippen molar-refractivity contribution in [3.8, 4) is 0 Å². The third-order valence-corrected chi connectivity index (χ3v) is 3.64. The van der Waals surface area contributed by atoms with Crippen LogP contribution in [-0.4, -0.2) is 31.4 Å². The van der Waals surface area contributed by atoms with Crippen molar-refractivity contribution in [2.45, 2.75) is 25.5 Å². The first-order chi connectivity index (χ1) is 9.09. The Hall–Kier alpha value is -1.89. The van der Waals surface area contributed by atoms with Crippen molar-refractivity contribution in [3.63, 3.8) is 0 Å². The number of hydrogen-bond acceptors (Lipinski definition) is 4. The fourth-order valence-corrected chi connectivity index (χ4v) is 2.54. The van der Waals surface area contributed by atoms with Crippen LogP contribution in [0, 0.1) is 0 Å². The smallest absolute Gasteiger partial charge is 0.332 e. The van der Waals surface area contributed by atoms with Crippen molar-refractivity contribution in [3.05, 3.63) is 27.2 Å². The molecule has 0 radical (unpaired) electrons. The number of nitrogens with zero attached hydrogens (tertiary/aromatic N) is 4. The lowest BCUT2D eigenvalue weighted by Gasteiger charge is -2.11. The third kappa shape index (κ3) is 1.81. The Morgan fingerprint density at radius 2 is 2.16 bits per heavy atom. The molecular weight excluding hydrogens is 248 g/mol. The van der Waals surface area contributed by atoms with Gasteiger partial charge in [0.25, 0.3) is 5.56 Å². The first kappa shape index (κ1) is 12.2. The summed E-state index contributed by atoms with van der Waals surface area (Å²) in [7, 11) is 3.10. The summed E-state index contributed by atoms with van der Waals surface area (Å²) in [6, 6.07) is 0. The highest BCUT2D eigenvalue weighted by Crippen LogP contribution is 2.15. The predicted molar refractivity (Wildman–Crippen MR) is 69.2 cm³/mol. The van der Waals surface area contributed by atoms with Crippen LogP contribution in [0.5, 0.6) is 0 Å². The molecule has 0 saturated carbocycles. The van der Waals surface area contributed by atoms with E-state index < -0.39 is 0 Å². The Labute approximate surface area is 109 Å². The van der Waals surface area contributed by atoms with Gasteiger partial charge >= 0.3 is 5.69 Å². The lowest BCUT2D eigenvalue weighted by Crippen LogP contribution is -2.37. The van der Waals surface area contributed by atoms with Gasteiger partial charge in [-0.1, -0.05) is 0 Å². The molecule has 0 bridgehead atoms. The molecule has 0 N–H and O–H groups in total. The predicted octanol–water partition coefficient (Wildman–Crippen LogP) is -0.387. The first-order valence-electron chi connectivity index (χ1n) is 6.32. The Kier molecular flexibility index (Phi) is 2.78.